The molecule has 2 aromatic carbocycles. The number of hydrogen-bond donors (Lipinski definition) is 2. The number of fused-ring (bicyclic) bond motifs is 1. The first kappa shape index (κ1) is 28.2. The van der Waals surface area contributed by atoms with Crippen LogP contribution in [0.15, 0.2) is 59.7 Å². The van der Waals surface area contributed by atoms with Crippen LogP contribution < -0.4 is 20.8 Å². The van der Waals surface area contributed by atoms with Crippen molar-refractivity contribution in [2.24, 2.45) is 7.05 Å². The lowest BCUT2D eigenvalue weighted by Crippen LogP contribution is -2.37. The molecule has 14 heteroatoms. The topological polar surface area (TPSA) is 123 Å². The van der Waals surface area contributed by atoms with Gasteiger partial charge in [-0.1, -0.05) is 0 Å². The summed E-state index contributed by atoms with van der Waals surface area (Å²) in [5.41, 5.74) is 4.29. The lowest BCUT2D eigenvalue weighted by molar-refractivity contribution is 0.122. The zero-order valence-corrected chi connectivity index (χ0v) is 25.7. The van der Waals surface area contributed by atoms with Crippen LogP contribution in [0.1, 0.15) is 0 Å². The Kier molecular flexibility index (Phi) is 7.65. The van der Waals surface area contributed by atoms with Gasteiger partial charge in [0.2, 0.25) is 5.95 Å². The summed E-state index contributed by atoms with van der Waals surface area (Å²) in [6.07, 6.45) is 8.34. The summed E-state index contributed by atoms with van der Waals surface area (Å²) in [4.78, 5) is 19.8. The van der Waals surface area contributed by atoms with Crippen molar-refractivity contribution in [3.05, 3.63) is 65.5 Å². The molecule has 6 rings (SSSR count). The maximum Gasteiger partial charge on any atom is 0.229 e. The molecule has 0 saturated carbocycles. The minimum absolute atomic E-state index is 0.245. The second-order valence-electron chi connectivity index (χ2n) is 10.2. The Morgan fingerprint density at radius 2 is 1.83 bits per heavy atom. The molecule has 0 bridgehead atoms. The van der Waals surface area contributed by atoms with Crippen LogP contribution in [-0.4, -0.2) is 69.3 Å². The van der Waals surface area contributed by atoms with Crippen molar-refractivity contribution < 1.29 is 13.7 Å². The van der Waals surface area contributed by atoms with E-state index >= 15 is 4.39 Å². The largest absolute Gasteiger partial charge is 0.378 e. The van der Waals surface area contributed by atoms with E-state index in [1.165, 1.54) is 6.07 Å². The van der Waals surface area contributed by atoms with Gasteiger partial charge in [-0.3, -0.25) is 14.6 Å². The van der Waals surface area contributed by atoms with E-state index in [0.717, 1.165) is 5.56 Å². The molecule has 0 unspecified atom stereocenters. The number of rotatable bonds is 7. The third-order valence-electron chi connectivity index (χ3n) is 6.81. The molecule has 1 aliphatic rings. The molecular weight excluding hydrogens is 624 g/mol. The fraction of sp³-hybridized carbons (Fsp3) is 0.250. The van der Waals surface area contributed by atoms with Crippen molar-refractivity contribution in [1.82, 2.24) is 29.7 Å². The highest BCUT2D eigenvalue weighted by Crippen LogP contribution is 2.41. The minimum atomic E-state index is -2.77. The maximum absolute atomic E-state index is 15.8. The van der Waals surface area contributed by atoms with Gasteiger partial charge in [-0.15, -0.1) is 0 Å². The Labute approximate surface area is 250 Å². The predicted molar refractivity (Wildman–Crippen MR) is 167 cm³/mol. The second kappa shape index (κ2) is 11.4. The van der Waals surface area contributed by atoms with Crippen LogP contribution in [0.4, 0.5) is 33.2 Å². The number of anilines is 5. The van der Waals surface area contributed by atoms with Crippen LogP contribution in [0.2, 0.25) is 0 Å². The summed E-state index contributed by atoms with van der Waals surface area (Å²) in [6.45, 7) is 5.63. The normalized spacial score (nSPS) is 13.9. The lowest BCUT2D eigenvalue weighted by atomic mass is 10.0. The van der Waals surface area contributed by atoms with Crippen LogP contribution in [0.3, 0.4) is 0 Å². The monoisotopic (exact) mass is 651 g/mol. The van der Waals surface area contributed by atoms with Gasteiger partial charge in [-0.05, 0) is 53.5 Å². The van der Waals surface area contributed by atoms with Gasteiger partial charge in [-0.2, -0.15) is 10.1 Å². The van der Waals surface area contributed by atoms with Crippen molar-refractivity contribution in [3.8, 4) is 11.1 Å². The zero-order valence-electron chi connectivity index (χ0n) is 23.2. The molecule has 3 aromatic heterocycles. The third-order valence-corrected chi connectivity index (χ3v) is 8.92. The molecule has 4 heterocycles. The molecule has 42 heavy (non-hydrogen) atoms. The summed E-state index contributed by atoms with van der Waals surface area (Å²) in [6, 6.07) is 6.94. The molecular formula is C28H28BrFN9O2P. The van der Waals surface area contributed by atoms with E-state index in [2.05, 4.69) is 51.6 Å². The molecule has 0 amide bonds. The molecule has 11 nitrogen and oxygen atoms in total. The molecule has 5 aromatic rings. The van der Waals surface area contributed by atoms with Gasteiger partial charge < -0.3 is 24.8 Å². The first-order chi connectivity index (χ1) is 20.2. The Balaban J connectivity index is 1.36. The molecule has 0 radical (unpaired) electrons. The van der Waals surface area contributed by atoms with Gasteiger partial charge >= 0.3 is 0 Å². The highest BCUT2D eigenvalue weighted by Gasteiger charge is 2.24. The number of nitrogens with one attached hydrogen (secondary N) is 2. The van der Waals surface area contributed by atoms with Gasteiger partial charge in [0.25, 0.3) is 0 Å². The fourth-order valence-electron chi connectivity index (χ4n) is 5.00. The number of hydrogen-bond acceptors (Lipinski definition) is 10. The highest BCUT2D eigenvalue weighted by atomic mass is 79.9. The van der Waals surface area contributed by atoms with E-state index < -0.39 is 7.14 Å². The van der Waals surface area contributed by atoms with Gasteiger partial charge in [0, 0.05) is 61.7 Å². The van der Waals surface area contributed by atoms with E-state index in [-0.39, 0.29) is 11.8 Å². The van der Waals surface area contributed by atoms with Crippen molar-refractivity contribution >= 4 is 68.2 Å². The van der Waals surface area contributed by atoms with Crippen molar-refractivity contribution in [3.63, 3.8) is 0 Å². The highest BCUT2D eigenvalue weighted by molar-refractivity contribution is 9.10. The summed E-state index contributed by atoms with van der Waals surface area (Å²) in [7, 11) is -0.951. The molecule has 0 atom stereocenters. The zero-order chi connectivity index (χ0) is 29.4. The third kappa shape index (κ3) is 5.72. The van der Waals surface area contributed by atoms with Crippen LogP contribution in [0.25, 0.3) is 22.2 Å². The second-order valence-corrected chi connectivity index (χ2v) is 14.2. The van der Waals surface area contributed by atoms with Gasteiger partial charge in [-0.25, -0.2) is 9.37 Å². The number of nitrogens with zero attached hydrogens (tertiary/aromatic N) is 7. The van der Waals surface area contributed by atoms with Gasteiger partial charge in [0.05, 0.1) is 46.1 Å². The van der Waals surface area contributed by atoms with Crippen LogP contribution in [0.5, 0.6) is 0 Å². The number of halogens is 2. The Hall–Kier alpha value is -3.93. The number of ether oxygens (including phenoxy) is 1. The van der Waals surface area contributed by atoms with Crippen molar-refractivity contribution in [2.75, 3.05) is 55.2 Å². The molecule has 0 aliphatic carbocycles. The van der Waals surface area contributed by atoms with E-state index in [9.17, 15) is 4.57 Å². The van der Waals surface area contributed by atoms with E-state index in [1.54, 1.807) is 42.8 Å². The average molecular weight is 652 g/mol. The summed E-state index contributed by atoms with van der Waals surface area (Å²) in [5, 5.41) is 11.3. The van der Waals surface area contributed by atoms with Gasteiger partial charge in [0.15, 0.2) is 0 Å². The standard InChI is InChI=1S/C28H28BrFN9O2P/c1-38-16-17(14-34-38)19-12-18(13-21(30)25(19)39-8-10-41-11-9-39)35-28-33-15-20(29)27(37-28)36-23-5-4-22-24(32-7-6-31-22)26(23)42(2,3)40/h4-7,12-16H,8-11H2,1-3H3,(H2,33,35,36,37). The van der Waals surface area contributed by atoms with E-state index in [4.69, 9.17) is 4.74 Å². The number of benzene rings is 2. The summed E-state index contributed by atoms with van der Waals surface area (Å²) >= 11 is 3.51. The Morgan fingerprint density at radius 1 is 1.05 bits per heavy atom. The quantitative estimate of drug-likeness (QED) is 0.224. The molecule has 0 spiro atoms. The Bertz CT molecular complexity index is 1840. The van der Waals surface area contributed by atoms with Crippen LogP contribution in [0, 0.1) is 5.82 Å². The van der Waals surface area contributed by atoms with Gasteiger partial charge in [0.1, 0.15) is 24.3 Å². The summed E-state index contributed by atoms with van der Waals surface area (Å²) < 4.78 is 36.9. The fourth-order valence-corrected chi connectivity index (χ4v) is 6.68. The summed E-state index contributed by atoms with van der Waals surface area (Å²) in [5.74, 6) is 0.303. The maximum atomic E-state index is 15.8. The van der Waals surface area contributed by atoms with Crippen molar-refractivity contribution in [2.45, 2.75) is 0 Å². The number of morpholine rings is 1. The van der Waals surface area contributed by atoms with Crippen LogP contribution >= 0.6 is 23.1 Å². The number of aromatic nitrogens is 6. The lowest BCUT2D eigenvalue weighted by Gasteiger charge is -2.31. The minimum Gasteiger partial charge on any atom is -0.378 e. The van der Waals surface area contributed by atoms with E-state index in [0.29, 0.717) is 75.6 Å². The van der Waals surface area contributed by atoms with E-state index in [1.807, 2.05) is 36.3 Å². The smallest absolute Gasteiger partial charge is 0.229 e. The first-order valence-corrected chi connectivity index (χ1v) is 16.6. The molecule has 1 fully saturated rings. The average Bonchev–Trinajstić information content (AvgIpc) is 3.40. The van der Waals surface area contributed by atoms with Crippen LogP contribution in [-0.2, 0) is 16.3 Å². The Morgan fingerprint density at radius 3 is 2.57 bits per heavy atom. The molecule has 2 N–H and O–H groups in total. The first-order valence-electron chi connectivity index (χ1n) is 13.2. The number of aryl methyl sites for hydroxylation is 1. The van der Waals surface area contributed by atoms with Crippen molar-refractivity contribution in [1.29, 1.82) is 0 Å². The molecule has 1 saturated heterocycles. The SMILES string of the molecule is Cn1cc(-c2cc(Nc3ncc(Br)c(Nc4ccc5nccnc5c4P(C)(C)=O)n3)cc(F)c2N2CCOCC2)cn1. The molecule has 1 aliphatic heterocycles. The molecule has 216 valence electrons. The predicted octanol–water partition coefficient (Wildman–Crippen LogP) is 5.29.